The van der Waals surface area contributed by atoms with Gasteiger partial charge in [-0.15, -0.1) is 11.3 Å². The monoisotopic (exact) mass is 1020 g/mol. The topological polar surface area (TPSA) is 6.48 Å². The van der Waals surface area contributed by atoms with Crippen LogP contribution in [0.25, 0.3) is 97.7 Å². The first kappa shape index (κ1) is 47.4. The van der Waals surface area contributed by atoms with Gasteiger partial charge in [0.2, 0.25) is 0 Å². The molecular formula is C76H52N2S. The van der Waals surface area contributed by atoms with Crippen LogP contribution in [0.4, 0.5) is 34.1 Å². The predicted octanol–water partition coefficient (Wildman–Crippen LogP) is 22.1. The zero-order valence-corrected chi connectivity index (χ0v) is 44.1. The molecule has 0 fully saturated rings. The number of fused-ring (bicyclic) bond motifs is 4. The third kappa shape index (κ3) is 9.12. The molecule has 0 saturated heterocycles. The zero-order chi connectivity index (χ0) is 52.5. The molecule has 79 heavy (non-hydrogen) atoms. The van der Waals surface area contributed by atoms with Crippen LogP contribution in [-0.2, 0) is 0 Å². The molecule has 0 saturated carbocycles. The largest absolute Gasteiger partial charge is 0.310 e. The van der Waals surface area contributed by atoms with Crippen molar-refractivity contribution in [3.8, 4) is 66.8 Å². The normalized spacial score (nSPS) is 11.3. The molecule has 0 aliphatic rings. The third-order valence-corrected chi connectivity index (χ3v) is 16.3. The number of thiophene rings is 1. The van der Waals surface area contributed by atoms with Crippen LogP contribution in [0.2, 0.25) is 0 Å². The molecule has 0 aliphatic carbocycles. The zero-order valence-electron chi connectivity index (χ0n) is 43.3. The minimum atomic E-state index is 1.06. The van der Waals surface area contributed by atoms with E-state index in [1.165, 1.54) is 58.8 Å². The molecule has 13 aromatic carbocycles. The highest BCUT2D eigenvalue weighted by molar-refractivity contribution is 7.26. The van der Waals surface area contributed by atoms with E-state index in [1.807, 2.05) is 11.3 Å². The number of para-hydroxylation sites is 2. The van der Waals surface area contributed by atoms with Gasteiger partial charge in [0, 0.05) is 54.0 Å². The summed E-state index contributed by atoms with van der Waals surface area (Å²) in [6.45, 7) is 0. The number of nitrogens with zero attached hydrogens (tertiary/aromatic N) is 2. The maximum absolute atomic E-state index is 2.43. The Balaban J connectivity index is 0.891. The second-order valence-electron chi connectivity index (χ2n) is 20.0. The van der Waals surface area contributed by atoms with Crippen molar-refractivity contribution in [1.29, 1.82) is 0 Å². The van der Waals surface area contributed by atoms with E-state index < -0.39 is 0 Å². The first-order valence-corrected chi connectivity index (χ1v) is 27.8. The Hall–Kier alpha value is -10.1. The highest BCUT2D eigenvalue weighted by Gasteiger charge is 2.22. The Labute approximate surface area is 465 Å². The summed E-state index contributed by atoms with van der Waals surface area (Å²) in [6, 6.07) is 115. The summed E-state index contributed by atoms with van der Waals surface area (Å²) in [5, 5.41) is 5.15. The molecule has 1 aromatic heterocycles. The fourth-order valence-corrected chi connectivity index (χ4v) is 12.7. The van der Waals surface area contributed by atoms with E-state index in [2.05, 4.69) is 325 Å². The van der Waals surface area contributed by atoms with Crippen molar-refractivity contribution in [3.63, 3.8) is 0 Å². The number of hydrogen-bond donors (Lipinski definition) is 0. The van der Waals surface area contributed by atoms with E-state index in [9.17, 15) is 0 Å². The number of rotatable bonds is 12. The van der Waals surface area contributed by atoms with E-state index in [-0.39, 0.29) is 0 Å². The lowest BCUT2D eigenvalue weighted by Crippen LogP contribution is -2.12. The fraction of sp³-hybridized carbons (Fsp3) is 0. The van der Waals surface area contributed by atoms with Crippen LogP contribution < -0.4 is 9.80 Å². The van der Waals surface area contributed by atoms with Crippen LogP contribution in [0, 0.1) is 0 Å². The Bertz CT molecular complexity index is 4490. The van der Waals surface area contributed by atoms with Gasteiger partial charge < -0.3 is 9.80 Å². The molecule has 0 aliphatic heterocycles. The van der Waals surface area contributed by atoms with Gasteiger partial charge in [0.05, 0.1) is 11.4 Å². The SMILES string of the molecule is c1ccc(-c2ccccc2-c2cccc(N(c3cccc(-c4cccc(N(c5ccc(-c6cccc7sc8cc9ccccc9cc8c67)cc5)c5ccccc5-c5ccccc5)c4)c3)c3ccccc3-c3ccccc3)c2)cc1. The van der Waals surface area contributed by atoms with E-state index in [4.69, 9.17) is 0 Å². The van der Waals surface area contributed by atoms with Crippen molar-refractivity contribution in [2.75, 3.05) is 9.80 Å². The van der Waals surface area contributed by atoms with Crippen molar-refractivity contribution in [2.45, 2.75) is 0 Å². The van der Waals surface area contributed by atoms with Crippen molar-refractivity contribution in [2.24, 2.45) is 0 Å². The summed E-state index contributed by atoms with van der Waals surface area (Å²) < 4.78 is 2.61. The lowest BCUT2D eigenvalue weighted by molar-refractivity contribution is 1.28. The summed E-state index contributed by atoms with van der Waals surface area (Å²) >= 11 is 1.87. The third-order valence-electron chi connectivity index (χ3n) is 15.2. The van der Waals surface area contributed by atoms with Crippen LogP contribution in [0.15, 0.2) is 315 Å². The Morgan fingerprint density at radius 2 is 0.595 bits per heavy atom. The lowest BCUT2D eigenvalue weighted by Gasteiger charge is -2.29. The van der Waals surface area contributed by atoms with Crippen molar-refractivity contribution >= 4 is 76.4 Å². The molecule has 0 radical (unpaired) electrons. The quantitative estimate of drug-likeness (QED) is 0.120. The minimum Gasteiger partial charge on any atom is -0.310 e. The second-order valence-corrected chi connectivity index (χ2v) is 21.1. The molecule has 0 bridgehead atoms. The first-order chi connectivity index (χ1) is 39.2. The standard InChI is InChI=1S/C76H52N2S/c1-4-22-53(23-5-1)66-36-12-13-37-67(66)61-32-20-35-65(50-61)78(73-42-17-15-39-69(73)55-26-8-3-9-27-55)64-34-19-31-58(49-64)57-30-18-33-63(48-57)77(72-41-16-14-38-68(72)54-24-6-2-7-25-54)62-46-44-56(45-47-62)70-40-21-43-74-76(70)71-51-59-28-10-11-29-60(59)52-75(71)79-74/h1-52H. The molecule has 372 valence electrons. The van der Waals surface area contributed by atoms with Crippen LogP contribution >= 0.6 is 11.3 Å². The molecule has 0 unspecified atom stereocenters. The average molecular weight is 1030 g/mol. The van der Waals surface area contributed by atoms with E-state index in [1.54, 1.807) is 0 Å². The van der Waals surface area contributed by atoms with Gasteiger partial charge in [-0.05, 0) is 145 Å². The molecule has 14 rings (SSSR count). The maximum Gasteiger partial charge on any atom is 0.0540 e. The highest BCUT2D eigenvalue weighted by atomic mass is 32.1. The van der Waals surface area contributed by atoms with E-state index >= 15 is 0 Å². The van der Waals surface area contributed by atoms with Crippen molar-refractivity contribution in [3.05, 3.63) is 315 Å². The van der Waals surface area contributed by atoms with Gasteiger partial charge in [0.1, 0.15) is 0 Å². The Morgan fingerprint density at radius 1 is 0.215 bits per heavy atom. The van der Waals surface area contributed by atoms with Gasteiger partial charge in [-0.3, -0.25) is 0 Å². The average Bonchev–Trinajstić information content (AvgIpc) is 4.14. The van der Waals surface area contributed by atoms with Gasteiger partial charge in [-0.1, -0.05) is 237 Å². The van der Waals surface area contributed by atoms with Crippen LogP contribution in [0.3, 0.4) is 0 Å². The summed E-state index contributed by atoms with van der Waals surface area (Å²) in [5.74, 6) is 0. The summed E-state index contributed by atoms with van der Waals surface area (Å²) in [5.41, 5.74) is 20.5. The lowest BCUT2D eigenvalue weighted by atomic mass is 9.94. The van der Waals surface area contributed by atoms with E-state index in [0.29, 0.717) is 0 Å². The van der Waals surface area contributed by atoms with Crippen molar-refractivity contribution in [1.82, 2.24) is 0 Å². The van der Waals surface area contributed by atoms with Crippen LogP contribution in [0.1, 0.15) is 0 Å². The molecule has 0 N–H and O–H groups in total. The number of hydrogen-bond acceptors (Lipinski definition) is 3. The Kier molecular flexibility index (Phi) is 12.5. The van der Waals surface area contributed by atoms with Gasteiger partial charge in [-0.2, -0.15) is 0 Å². The maximum atomic E-state index is 2.43. The fourth-order valence-electron chi connectivity index (χ4n) is 11.5. The Morgan fingerprint density at radius 3 is 1.15 bits per heavy atom. The first-order valence-electron chi connectivity index (χ1n) is 27.0. The molecule has 0 spiro atoms. The minimum absolute atomic E-state index is 1.06. The molecule has 2 nitrogen and oxygen atoms in total. The second kappa shape index (κ2) is 20.8. The van der Waals surface area contributed by atoms with Gasteiger partial charge in [0.25, 0.3) is 0 Å². The molecule has 3 heteroatoms. The summed E-state index contributed by atoms with van der Waals surface area (Å²) in [7, 11) is 0. The molecular weight excluding hydrogens is 973 g/mol. The van der Waals surface area contributed by atoms with Crippen molar-refractivity contribution < 1.29 is 0 Å². The predicted molar refractivity (Wildman–Crippen MR) is 339 cm³/mol. The summed E-state index contributed by atoms with van der Waals surface area (Å²) in [6.07, 6.45) is 0. The molecule has 14 aromatic rings. The number of anilines is 6. The highest BCUT2D eigenvalue weighted by Crippen LogP contribution is 2.47. The van der Waals surface area contributed by atoms with Gasteiger partial charge in [0.15, 0.2) is 0 Å². The smallest absolute Gasteiger partial charge is 0.0540 e. The van der Waals surface area contributed by atoms with Gasteiger partial charge >= 0.3 is 0 Å². The molecule has 0 atom stereocenters. The van der Waals surface area contributed by atoms with E-state index in [0.717, 1.165) is 73.1 Å². The number of benzene rings is 13. The summed E-state index contributed by atoms with van der Waals surface area (Å²) in [4.78, 5) is 4.85. The van der Waals surface area contributed by atoms with Crippen LogP contribution in [-0.4, -0.2) is 0 Å². The van der Waals surface area contributed by atoms with Gasteiger partial charge in [-0.25, -0.2) is 0 Å². The van der Waals surface area contributed by atoms with Crippen LogP contribution in [0.5, 0.6) is 0 Å². The molecule has 0 amide bonds. The molecule has 1 heterocycles.